The molecule has 4 fully saturated rings. The molecule has 20 atom stereocenters. The van der Waals surface area contributed by atoms with Crippen molar-refractivity contribution >= 4 is 0 Å². The highest BCUT2D eigenvalue weighted by atomic mass is 16.7. The fraction of sp³-hybridized carbons (Fsp3) is 1.00. The Labute approximate surface area is 294 Å². The Morgan fingerprint density at radius 1 is 0.375 bits per heavy atom. The maximum Gasteiger partial charge on any atom is 0.163 e. The van der Waals surface area contributed by atoms with E-state index in [0.29, 0.717) is 17.8 Å². The van der Waals surface area contributed by atoms with Crippen molar-refractivity contribution in [1.82, 2.24) is 0 Å². The molecule has 4 saturated heterocycles. The second-order valence-corrected chi connectivity index (χ2v) is 16.2. The highest BCUT2D eigenvalue weighted by Crippen LogP contribution is 2.44. The summed E-state index contributed by atoms with van der Waals surface area (Å²) in [6.45, 7) is 31.9. The summed E-state index contributed by atoms with van der Waals surface area (Å²) in [5, 5.41) is 0. The zero-order valence-electron chi connectivity index (χ0n) is 33.1. The van der Waals surface area contributed by atoms with Gasteiger partial charge < -0.3 is 37.9 Å². The first-order valence-corrected chi connectivity index (χ1v) is 20.0. The maximum atomic E-state index is 7.13. The highest BCUT2D eigenvalue weighted by molar-refractivity contribution is 4.94. The molecule has 0 amide bonds. The van der Waals surface area contributed by atoms with E-state index in [1.165, 1.54) is 0 Å². The first-order chi connectivity index (χ1) is 22.8. The van der Waals surface area contributed by atoms with Crippen molar-refractivity contribution in [3.8, 4) is 0 Å². The number of hydrogen-bond donors (Lipinski definition) is 0. The molecular weight excluding hydrogens is 608 g/mol. The van der Waals surface area contributed by atoms with E-state index in [9.17, 15) is 0 Å². The van der Waals surface area contributed by atoms with E-state index >= 15 is 0 Å². The molecule has 0 radical (unpaired) electrons. The second kappa shape index (κ2) is 17.9. The summed E-state index contributed by atoms with van der Waals surface area (Å²) in [4.78, 5) is 0. The summed E-state index contributed by atoms with van der Waals surface area (Å²) in [6, 6.07) is 0. The number of rotatable bonds is 13. The molecule has 0 saturated carbocycles. The van der Waals surface area contributed by atoms with Crippen molar-refractivity contribution < 1.29 is 37.9 Å². The van der Waals surface area contributed by atoms with Gasteiger partial charge in [-0.25, -0.2) is 0 Å². The van der Waals surface area contributed by atoms with Crippen LogP contribution >= 0.6 is 0 Å². The summed E-state index contributed by atoms with van der Waals surface area (Å²) < 4.78 is 54.1. The normalized spacial score (nSPS) is 50.4. The highest BCUT2D eigenvalue weighted by Gasteiger charge is 2.51. The smallest absolute Gasteiger partial charge is 0.163 e. The largest absolute Gasteiger partial charge is 0.377 e. The summed E-state index contributed by atoms with van der Waals surface area (Å²) in [5.74, 6) is 1.64. The minimum absolute atomic E-state index is 0.00772. The van der Waals surface area contributed by atoms with Crippen LogP contribution in [-0.4, -0.2) is 80.4 Å². The Balaban J connectivity index is 1.52. The lowest BCUT2D eigenvalue weighted by Gasteiger charge is -2.52. The molecule has 4 rings (SSSR count). The van der Waals surface area contributed by atoms with E-state index in [2.05, 4.69) is 96.9 Å². The van der Waals surface area contributed by atoms with Crippen LogP contribution in [0.5, 0.6) is 0 Å². The molecule has 48 heavy (non-hydrogen) atoms. The summed E-state index contributed by atoms with van der Waals surface area (Å²) in [6.07, 6.45) is 3.96. The third kappa shape index (κ3) is 8.48. The molecule has 8 heteroatoms. The summed E-state index contributed by atoms with van der Waals surface area (Å²) in [7, 11) is 0. The van der Waals surface area contributed by atoms with Crippen LogP contribution in [0.25, 0.3) is 0 Å². The molecule has 0 N–H and O–H groups in total. The Hall–Kier alpha value is -0.320. The topological polar surface area (TPSA) is 73.8 Å². The monoisotopic (exact) mass is 683 g/mol. The van der Waals surface area contributed by atoms with Gasteiger partial charge in [0.1, 0.15) is 0 Å². The Morgan fingerprint density at radius 3 is 1.12 bits per heavy atom. The van der Waals surface area contributed by atoms with Crippen LogP contribution in [0.1, 0.15) is 129 Å². The molecule has 0 aromatic carbocycles. The van der Waals surface area contributed by atoms with Gasteiger partial charge in [-0.15, -0.1) is 0 Å². The van der Waals surface area contributed by atoms with Gasteiger partial charge >= 0.3 is 0 Å². The van der Waals surface area contributed by atoms with E-state index in [4.69, 9.17) is 37.9 Å². The molecule has 4 aliphatic heterocycles. The van der Waals surface area contributed by atoms with E-state index in [-0.39, 0.29) is 97.1 Å². The SMILES string of the molecule is CCCO[C@@H]1C(C)[C@H](O[C@@H]2C(C)[C@H](O[C@@H]3C(C)[C@H](OC4[C@H](C)OC(CC)[C@H](C)[C@@H]4C)OC(CC)[C@@H]3C)OC(CC)[C@@H]2C)OC(CC)[C@@H]1C. The van der Waals surface area contributed by atoms with Crippen LogP contribution in [0.4, 0.5) is 0 Å². The fourth-order valence-electron chi connectivity index (χ4n) is 9.43. The van der Waals surface area contributed by atoms with Gasteiger partial charge in [0.15, 0.2) is 18.9 Å². The molecule has 4 aliphatic rings. The van der Waals surface area contributed by atoms with Gasteiger partial charge in [0.25, 0.3) is 0 Å². The average Bonchev–Trinajstić information content (AvgIpc) is 3.07. The quantitative estimate of drug-likeness (QED) is 0.191. The molecule has 0 bridgehead atoms. The first-order valence-electron chi connectivity index (χ1n) is 20.0. The Kier molecular flexibility index (Phi) is 15.1. The van der Waals surface area contributed by atoms with Crippen LogP contribution in [-0.2, 0) is 37.9 Å². The lowest BCUT2D eigenvalue weighted by atomic mass is 9.80. The molecule has 8 nitrogen and oxygen atoms in total. The van der Waals surface area contributed by atoms with Crippen molar-refractivity contribution in [2.45, 2.75) is 203 Å². The second-order valence-electron chi connectivity index (χ2n) is 16.2. The van der Waals surface area contributed by atoms with Crippen LogP contribution in [0.3, 0.4) is 0 Å². The van der Waals surface area contributed by atoms with E-state index in [1.807, 2.05) is 0 Å². The molecule has 8 unspecified atom stereocenters. The zero-order chi connectivity index (χ0) is 35.4. The van der Waals surface area contributed by atoms with Crippen LogP contribution in [0, 0.1) is 47.3 Å². The number of ether oxygens (including phenoxy) is 8. The third-order valence-electron chi connectivity index (χ3n) is 12.9. The first kappa shape index (κ1) is 40.5. The van der Waals surface area contributed by atoms with Crippen molar-refractivity contribution in [2.75, 3.05) is 6.61 Å². The minimum atomic E-state index is -0.407. The van der Waals surface area contributed by atoms with E-state index in [0.717, 1.165) is 38.7 Å². The Bertz CT molecular complexity index is 950. The average molecular weight is 683 g/mol. The molecule has 0 aromatic heterocycles. The third-order valence-corrected chi connectivity index (χ3v) is 12.9. The molecule has 282 valence electrons. The summed E-state index contributed by atoms with van der Waals surface area (Å²) >= 11 is 0. The lowest BCUT2D eigenvalue weighted by molar-refractivity contribution is -0.356. The molecule has 0 aliphatic carbocycles. The number of hydrogen-bond acceptors (Lipinski definition) is 8. The predicted octanol–water partition coefficient (Wildman–Crippen LogP) is 8.63. The lowest BCUT2D eigenvalue weighted by Crippen LogP contribution is -2.59. The van der Waals surface area contributed by atoms with Gasteiger partial charge in [-0.1, -0.05) is 90.0 Å². The van der Waals surface area contributed by atoms with Gasteiger partial charge in [0.2, 0.25) is 0 Å². The van der Waals surface area contributed by atoms with E-state index < -0.39 is 6.29 Å². The fourth-order valence-corrected chi connectivity index (χ4v) is 9.43. The standard InChI is InChI=1S/C40H74O8/c1-15-20-41-34-23(8)31(17-3)43-38(26(34)11)46-35-24(9)32(18-4)44-39(27(35)12)47-36-25(10)33(19-5)45-40(28(36)13)48-37-22(7)21(6)30(16-2)42-29(37)14/h21-40H,15-20H2,1-14H3/t21-,22+,23+,24+,25+,26?,27?,28?,29+,30?,31?,32?,33?,34+,35+,36+,37?,38+,39+,40+/m1/s1. The predicted molar refractivity (Wildman–Crippen MR) is 189 cm³/mol. The van der Waals surface area contributed by atoms with Crippen molar-refractivity contribution in [3.63, 3.8) is 0 Å². The van der Waals surface area contributed by atoms with Crippen molar-refractivity contribution in [3.05, 3.63) is 0 Å². The van der Waals surface area contributed by atoms with Crippen molar-refractivity contribution in [1.29, 1.82) is 0 Å². The van der Waals surface area contributed by atoms with Gasteiger partial charge in [0, 0.05) is 42.1 Å². The van der Waals surface area contributed by atoms with Crippen LogP contribution < -0.4 is 0 Å². The summed E-state index contributed by atoms with van der Waals surface area (Å²) in [5.41, 5.74) is 0. The van der Waals surface area contributed by atoms with E-state index in [1.54, 1.807) is 0 Å². The van der Waals surface area contributed by atoms with Gasteiger partial charge in [0.05, 0.1) is 54.9 Å². The van der Waals surface area contributed by atoms with Crippen LogP contribution in [0.2, 0.25) is 0 Å². The molecule has 0 spiro atoms. The molecular formula is C40H74O8. The van der Waals surface area contributed by atoms with Gasteiger partial charge in [-0.05, 0) is 50.9 Å². The van der Waals surface area contributed by atoms with Gasteiger partial charge in [-0.2, -0.15) is 0 Å². The maximum absolute atomic E-state index is 7.13. The molecule has 0 aromatic rings. The molecule has 4 heterocycles. The van der Waals surface area contributed by atoms with Crippen molar-refractivity contribution in [2.24, 2.45) is 47.3 Å². The van der Waals surface area contributed by atoms with Crippen LogP contribution in [0.15, 0.2) is 0 Å². The Morgan fingerprint density at radius 2 is 0.729 bits per heavy atom. The zero-order valence-corrected chi connectivity index (χ0v) is 33.1. The minimum Gasteiger partial charge on any atom is -0.377 e. The van der Waals surface area contributed by atoms with Gasteiger partial charge in [-0.3, -0.25) is 0 Å².